The lowest BCUT2D eigenvalue weighted by Crippen LogP contribution is -2.45. The van der Waals surface area contributed by atoms with E-state index in [1.807, 2.05) is 6.07 Å². The fraction of sp³-hybridized carbons (Fsp3) is 0.263. The molecular weight excluding hydrogens is 332 g/mol. The van der Waals surface area contributed by atoms with E-state index in [2.05, 4.69) is 15.2 Å². The van der Waals surface area contributed by atoms with Crippen LogP contribution >= 0.6 is 0 Å². The van der Waals surface area contributed by atoms with Crippen LogP contribution in [0, 0.1) is 0 Å². The number of Topliss-reactive ketones (excluding diaryl/α,β-unsaturated/α-hetero) is 1. The van der Waals surface area contributed by atoms with Crippen LogP contribution in [0.4, 0.5) is 11.4 Å². The molecule has 7 heteroatoms. The normalized spacial score (nSPS) is 14.0. The van der Waals surface area contributed by atoms with E-state index in [1.54, 1.807) is 41.4 Å². The maximum Gasteiger partial charge on any atom is 0.274 e. The average molecular weight is 352 g/mol. The van der Waals surface area contributed by atoms with Gasteiger partial charge >= 0.3 is 0 Å². The summed E-state index contributed by atoms with van der Waals surface area (Å²) in [4.78, 5) is 42.6. The number of amides is 2. The molecule has 2 amide bonds. The zero-order valence-corrected chi connectivity index (χ0v) is 14.5. The molecule has 1 saturated heterocycles. The van der Waals surface area contributed by atoms with E-state index in [9.17, 15) is 14.4 Å². The predicted molar refractivity (Wildman–Crippen MR) is 98.5 cm³/mol. The van der Waals surface area contributed by atoms with Crippen molar-refractivity contribution in [3.63, 3.8) is 0 Å². The first-order valence-electron chi connectivity index (χ1n) is 8.39. The molecule has 1 aliphatic rings. The number of rotatable bonds is 5. The molecule has 2 heterocycles. The molecular formula is C19H20N4O3. The first-order chi connectivity index (χ1) is 12.6. The molecule has 0 aliphatic carbocycles. The highest BCUT2D eigenvalue weighted by Gasteiger charge is 2.17. The van der Waals surface area contributed by atoms with E-state index < -0.39 is 0 Å². The number of piperazine rings is 1. The minimum Gasteiger partial charge on any atom is -0.368 e. The largest absolute Gasteiger partial charge is 0.368 e. The highest BCUT2D eigenvalue weighted by Crippen LogP contribution is 2.18. The number of benzene rings is 1. The van der Waals surface area contributed by atoms with Gasteiger partial charge in [0.2, 0.25) is 6.41 Å². The number of aromatic nitrogens is 1. The van der Waals surface area contributed by atoms with Gasteiger partial charge in [0.25, 0.3) is 5.91 Å². The number of carbonyl (C=O) groups is 3. The number of carbonyl (C=O) groups excluding carboxylic acids is 3. The maximum atomic E-state index is 12.5. The summed E-state index contributed by atoms with van der Waals surface area (Å²) < 4.78 is 0. The van der Waals surface area contributed by atoms with Crippen LogP contribution < -0.4 is 10.2 Å². The van der Waals surface area contributed by atoms with Crippen molar-refractivity contribution < 1.29 is 14.4 Å². The molecule has 3 rings (SSSR count). The maximum absolute atomic E-state index is 12.5. The molecule has 1 aromatic heterocycles. The van der Waals surface area contributed by atoms with E-state index in [-0.39, 0.29) is 11.7 Å². The summed E-state index contributed by atoms with van der Waals surface area (Å²) in [5.74, 6) is -0.333. The number of anilines is 2. The number of nitrogens with zero attached hydrogens (tertiary/aromatic N) is 3. The van der Waals surface area contributed by atoms with Gasteiger partial charge in [0.05, 0.1) is 0 Å². The highest BCUT2D eigenvalue weighted by atomic mass is 16.2. The van der Waals surface area contributed by atoms with Gasteiger partial charge in [0, 0.05) is 49.3 Å². The molecule has 0 radical (unpaired) electrons. The summed E-state index contributed by atoms with van der Waals surface area (Å²) in [7, 11) is 0. The van der Waals surface area contributed by atoms with Crippen LogP contribution in [0.15, 0.2) is 42.6 Å². The molecule has 1 fully saturated rings. The van der Waals surface area contributed by atoms with Crippen molar-refractivity contribution >= 4 is 29.5 Å². The number of ketones is 1. The Balaban J connectivity index is 1.68. The average Bonchev–Trinajstić information content (AvgIpc) is 2.68. The van der Waals surface area contributed by atoms with Crippen LogP contribution in [0.3, 0.4) is 0 Å². The van der Waals surface area contributed by atoms with E-state index >= 15 is 0 Å². The fourth-order valence-electron chi connectivity index (χ4n) is 2.81. The Kier molecular flexibility index (Phi) is 5.26. The topological polar surface area (TPSA) is 82.6 Å². The summed E-state index contributed by atoms with van der Waals surface area (Å²) in [6.45, 7) is 4.26. The first-order valence-corrected chi connectivity index (χ1v) is 8.39. The Hall–Kier alpha value is -3.22. The number of hydrogen-bond donors (Lipinski definition) is 1. The lowest BCUT2D eigenvalue weighted by atomic mass is 10.1. The van der Waals surface area contributed by atoms with Crippen molar-refractivity contribution in [2.75, 3.05) is 36.4 Å². The van der Waals surface area contributed by atoms with E-state index in [4.69, 9.17) is 0 Å². The van der Waals surface area contributed by atoms with E-state index in [0.29, 0.717) is 30.0 Å². The molecule has 2 aromatic rings. The minimum atomic E-state index is -0.311. The first kappa shape index (κ1) is 17.6. The second-order valence-corrected chi connectivity index (χ2v) is 6.12. The predicted octanol–water partition coefficient (Wildman–Crippen LogP) is 1.81. The number of pyridine rings is 1. The molecule has 0 spiro atoms. The number of hydrogen-bond acceptors (Lipinski definition) is 5. The van der Waals surface area contributed by atoms with Crippen molar-refractivity contribution in [3.8, 4) is 0 Å². The van der Waals surface area contributed by atoms with Crippen LogP contribution in [0.2, 0.25) is 0 Å². The van der Waals surface area contributed by atoms with Gasteiger partial charge < -0.3 is 15.1 Å². The summed E-state index contributed by atoms with van der Waals surface area (Å²) in [5, 5.41) is 2.78. The Morgan fingerprint density at radius 1 is 1.08 bits per heavy atom. The molecule has 0 saturated carbocycles. The second-order valence-electron chi connectivity index (χ2n) is 6.12. The van der Waals surface area contributed by atoms with Crippen LogP contribution in [-0.4, -0.2) is 54.2 Å². The molecule has 0 bridgehead atoms. The van der Waals surface area contributed by atoms with Crippen LogP contribution in [0.5, 0.6) is 0 Å². The smallest absolute Gasteiger partial charge is 0.274 e. The third kappa shape index (κ3) is 4.05. The summed E-state index contributed by atoms with van der Waals surface area (Å²) >= 11 is 0. The van der Waals surface area contributed by atoms with Crippen LogP contribution in [0.25, 0.3) is 0 Å². The van der Waals surface area contributed by atoms with Crippen molar-refractivity contribution in [3.05, 3.63) is 53.9 Å². The lowest BCUT2D eigenvalue weighted by Gasteiger charge is -2.34. The Labute approximate surface area is 151 Å². The summed E-state index contributed by atoms with van der Waals surface area (Å²) in [6.07, 6.45) is 2.47. The molecule has 7 nitrogen and oxygen atoms in total. The third-order valence-corrected chi connectivity index (χ3v) is 4.35. The quantitative estimate of drug-likeness (QED) is 0.656. The van der Waals surface area contributed by atoms with Gasteiger partial charge in [-0.1, -0.05) is 0 Å². The van der Waals surface area contributed by atoms with Gasteiger partial charge in [-0.2, -0.15) is 0 Å². The molecule has 1 aliphatic heterocycles. The van der Waals surface area contributed by atoms with Gasteiger partial charge in [0.1, 0.15) is 5.69 Å². The van der Waals surface area contributed by atoms with Gasteiger partial charge in [-0.05, 0) is 43.3 Å². The van der Waals surface area contributed by atoms with Crippen molar-refractivity contribution in [2.24, 2.45) is 0 Å². The van der Waals surface area contributed by atoms with Crippen LogP contribution in [0.1, 0.15) is 27.8 Å². The second kappa shape index (κ2) is 7.77. The highest BCUT2D eigenvalue weighted by molar-refractivity contribution is 6.03. The van der Waals surface area contributed by atoms with Gasteiger partial charge in [-0.25, -0.2) is 0 Å². The Bertz CT molecular complexity index is 812. The van der Waals surface area contributed by atoms with Crippen molar-refractivity contribution in [2.45, 2.75) is 6.92 Å². The summed E-state index contributed by atoms with van der Waals surface area (Å²) in [6, 6.07) is 10.3. The number of nitrogens with one attached hydrogen (secondary N) is 1. The van der Waals surface area contributed by atoms with Gasteiger partial charge in [-0.15, -0.1) is 0 Å². The summed E-state index contributed by atoms with van der Waals surface area (Å²) in [5.41, 5.74) is 2.42. The van der Waals surface area contributed by atoms with Crippen LogP contribution in [-0.2, 0) is 4.79 Å². The van der Waals surface area contributed by atoms with Crippen molar-refractivity contribution in [1.82, 2.24) is 9.88 Å². The molecule has 1 N–H and O–H groups in total. The molecule has 0 unspecified atom stereocenters. The standard InChI is InChI=1S/C19H20N4O3/c1-14(25)15-2-4-16(5-3-15)21-19(26)18-12-17(6-7-20-18)23-10-8-22(13-24)9-11-23/h2-7,12-13H,8-11H2,1H3,(H,21,26). The molecule has 1 aromatic carbocycles. The minimum absolute atomic E-state index is 0.0214. The Morgan fingerprint density at radius 2 is 1.77 bits per heavy atom. The van der Waals surface area contributed by atoms with E-state index in [1.165, 1.54) is 6.92 Å². The van der Waals surface area contributed by atoms with Crippen molar-refractivity contribution in [1.29, 1.82) is 0 Å². The molecule has 134 valence electrons. The Morgan fingerprint density at radius 3 is 2.38 bits per heavy atom. The molecule has 0 atom stereocenters. The van der Waals surface area contributed by atoms with E-state index in [0.717, 1.165) is 25.2 Å². The van der Waals surface area contributed by atoms with Gasteiger partial charge in [-0.3, -0.25) is 19.4 Å². The van der Waals surface area contributed by atoms with Gasteiger partial charge in [0.15, 0.2) is 5.78 Å². The monoisotopic (exact) mass is 352 g/mol. The zero-order valence-electron chi connectivity index (χ0n) is 14.5. The lowest BCUT2D eigenvalue weighted by molar-refractivity contribution is -0.118. The third-order valence-electron chi connectivity index (χ3n) is 4.35. The SMILES string of the molecule is CC(=O)c1ccc(NC(=O)c2cc(N3CCN(C=O)CC3)ccn2)cc1. The fourth-order valence-corrected chi connectivity index (χ4v) is 2.81. The molecule has 26 heavy (non-hydrogen) atoms. The zero-order chi connectivity index (χ0) is 18.5.